The largest absolute Gasteiger partial charge is 0.341 e. The number of hydrogen-bond donors (Lipinski definition) is 2. The van der Waals surface area contributed by atoms with E-state index in [-0.39, 0.29) is 0 Å². The van der Waals surface area contributed by atoms with E-state index in [0.29, 0.717) is 0 Å². The van der Waals surface area contributed by atoms with Crippen LogP contribution in [-0.2, 0) is 6.54 Å². The predicted octanol–water partition coefficient (Wildman–Crippen LogP) is 2.43. The number of aromatic nitrogens is 2. The standard InChI is InChI=1S/C10H12BrN3/c1-2-12-6-10-13-8-4-3-7(11)5-9(8)14-10/h3-5,12H,2,6H2,1H3,(H,13,14). The first kappa shape index (κ1) is 9.68. The molecule has 0 bridgehead atoms. The molecule has 1 aromatic heterocycles. The van der Waals surface area contributed by atoms with Crippen LogP contribution in [-0.4, -0.2) is 16.5 Å². The number of H-pyrrole nitrogens is 1. The van der Waals surface area contributed by atoms with Gasteiger partial charge < -0.3 is 10.3 Å². The fourth-order valence-electron chi connectivity index (χ4n) is 1.36. The second kappa shape index (κ2) is 4.11. The van der Waals surface area contributed by atoms with Gasteiger partial charge in [-0.3, -0.25) is 0 Å². The van der Waals surface area contributed by atoms with Crippen LogP contribution in [0, 0.1) is 0 Å². The Morgan fingerprint density at radius 1 is 1.50 bits per heavy atom. The quantitative estimate of drug-likeness (QED) is 0.883. The summed E-state index contributed by atoms with van der Waals surface area (Å²) in [5.41, 5.74) is 2.09. The van der Waals surface area contributed by atoms with Crippen LogP contribution in [0.25, 0.3) is 11.0 Å². The summed E-state index contributed by atoms with van der Waals surface area (Å²) in [5, 5.41) is 3.23. The lowest BCUT2D eigenvalue weighted by atomic mass is 10.3. The van der Waals surface area contributed by atoms with Gasteiger partial charge in [-0.15, -0.1) is 0 Å². The van der Waals surface area contributed by atoms with Gasteiger partial charge in [0.05, 0.1) is 17.6 Å². The minimum absolute atomic E-state index is 0.794. The molecule has 0 atom stereocenters. The summed E-state index contributed by atoms with van der Waals surface area (Å²) < 4.78 is 1.07. The highest BCUT2D eigenvalue weighted by Crippen LogP contribution is 2.17. The summed E-state index contributed by atoms with van der Waals surface area (Å²) in [5.74, 6) is 0.986. The highest BCUT2D eigenvalue weighted by Gasteiger charge is 2.01. The minimum Gasteiger partial charge on any atom is -0.341 e. The van der Waals surface area contributed by atoms with Gasteiger partial charge in [-0.05, 0) is 24.7 Å². The zero-order valence-electron chi connectivity index (χ0n) is 7.97. The van der Waals surface area contributed by atoms with Gasteiger partial charge in [0.25, 0.3) is 0 Å². The maximum absolute atomic E-state index is 4.45. The van der Waals surface area contributed by atoms with Crippen molar-refractivity contribution in [1.29, 1.82) is 0 Å². The van der Waals surface area contributed by atoms with E-state index >= 15 is 0 Å². The van der Waals surface area contributed by atoms with Crippen molar-refractivity contribution in [3.8, 4) is 0 Å². The first-order valence-corrected chi connectivity index (χ1v) is 5.43. The summed E-state index contributed by atoms with van der Waals surface area (Å²) in [6.45, 7) is 3.84. The Balaban J connectivity index is 2.32. The number of hydrogen-bond acceptors (Lipinski definition) is 2. The second-order valence-corrected chi connectivity index (χ2v) is 4.04. The number of nitrogens with one attached hydrogen (secondary N) is 2. The van der Waals surface area contributed by atoms with Crippen LogP contribution in [0.3, 0.4) is 0 Å². The Bertz CT molecular complexity index is 436. The highest BCUT2D eigenvalue weighted by molar-refractivity contribution is 9.10. The van der Waals surface area contributed by atoms with Crippen LogP contribution in [0.1, 0.15) is 12.7 Å². The molecular weight excluding hydrogens is 242 g/mol. The lowest BCUT2D eigenvalue weighted by molar-refractivity contribution is 0.700. The molecule has 1 aromatic carbocycles. The smallest absolute Gasteiger partial charge is 0.121 e. The number of halogens is 1. The van der Waals surface area contributed by atoms with Crippen molar-refractivity contribution in [2.45, 2.75) is 13.5 Å². The Morgan fingerprint density at radius 2 is 2.36 bits per heavy atom. The van der Waals surface area contributed by atoms with Crippen molar-refractivity contribution in [3.63, 3.8) is 0 Å². The van der Waals surface area contributed by atoms with Crippen LogP contribution >= 0.6 is 15.9 Å². The number of fused-ring (bicyclic) bond motifs is 1. The molecule has 0 spiro atoms. The minimum atomic E-state index is 0.794. The molecule has 0 unspecified atom stereocenters. The Morgan fingerprint density at radius 3 is 3.14 bits per heavy atom. The average Bonchev–Trinajstić information content (AvgIpc) is 2.56. The molecule has 0 aliphatic carbocycles. The third-order valence-corrected chi connectivity index (χ3v) is 2.53. The lowest BCUT2D eigenvalue weighted by Gasteiger charge is -1.94. The van der Waals surface area contributed by atoms with Gasteiger partial charge in [0, 0.05) is 4.47 Å². The molecule has 1 heterocycles. The summed E-state index contributed by atoms with van der Waals surface area (Å²) in [4.78, 5) is 7.72. The molecule has 0 radical (unpaired) electrons. The van der Waals surface area contributed by atoms with Gasteiger partial charge in [-0.25, -0.2) is 4.98 Å². The SMILES string of the molecule is CCNCc1nc2ccc(Br)cc2[nH]1. The molecule has 0 amide bonds. The molecule has 0 aliphatic heterocycles. The average molecular weight is 254 g/mol. The van der Waals surface area contributed by atoms with Crippen LogP contribution in [0.15, 0.2) is 22.7 Å². The van der Waals surface area contributed by atoms with E-state index in [1.807, 2.05) is 18.2 Å². The van der Waals surface area contributed by atoms with Crippen molar-refractivity contribution in [2.24, 2.45) is 0 Å². The first-order valence-electron chi connectivity index (χ1n) is 4.64. The van der Waals surface area contributed by atoms with Crippen LogP contribution in [0.5, 0.6) is 0 Å². The maximum atomic E-state index is 4.45. The summed E-state index contributed by atoms with van der Waals surface area (Å²) in [7, 11) is 0. The van der Waals surface area contributed by atoms with Gasteiger partial charge in [0.1, 0.15) is 5.82 Å². The van der Waals surface area contributed by atoms with E-state index in [1.165, 1.54) is 0 Å². The van der Waals surface area contributed by atoms with Gasteiger partial charge in [-0.1, -0.05) is 22.9 Å². The number of rotatable bonds is 3. The third-order valence-electron chi connectivity index (χ3n) is 2.04. The zero-order chi connectivity index (χ0) is 9.97. The topological polar surface area (TPSA) is 40.7 Å². The molecule has 0 saturated heterocycles. The third kappa shape index (κ3) is 1.96. The van der Waals surface area contributed by atoms with Crippen LogP contribution < -0.4 is 5.32 Å². The van der Waals surface area contributed by atoms with Crippen molar-refractivity contribution >= 4 is 27.0 Å². The van der Waals surface area contributed by atoms with E-state index in [4.69, 9.17) is 0 Å². The van der Waals surface area contributed by atoms with Crippen molar-refractivity contribution in [2.75, 3.05) is 6.54 Å². The molecule has 0 aliphatic rings. The van der Waals surface area contributed by atoms with Gasteiger partial charge in [0.15, 0.2) is 0 Å². The number of imidazole rings is 1. The van der Waals surface area contributed by atoms with Crippen molar-refractivity contribution in [1.82, 2.24) is 15.3 Å². The first-order chi connectivity index (χ1) is 6.79. The summed E-state index contributed by atoms with van der Waals surface area (Å²) >= 11 is 3.43. The number of aromatic amines is 1. The molecule has 0 saturated carbocycles. The van der Waals surface area contributed by atoms with Gasteiger partial charge in [-0.2, -0.15) is 0 Å². The molecule has 2 N–H and O–H groups in total. The van der Waals surface area contributed by atoms with Crippen molar-refractivity contribution < 1.29 is 0 Å². The second-order valence-electron chi connectivity index (χ2n) is 3.13. The Labute approximate surface area is 91.1 Å². The maximum Gasteiger partial charge on any atom is 0.121 e. The van der Waals surface area contributed by atoms with Crippen LogP contribution in [0.2, 0.25) is 0 Å². The molecule has 2 rings (SSSR count). The van der Waals surface area contributed by atoms with Gasteiger partial charge in [0.2, 0.25) is 0 Å². The van der Waals surface area contributed by atoms with E-state index in [1.54, 1.807) is 0 Å². The number of nitrogens with zero attached hydrogens (tertiary/aromatic N) is 1. The fourth-order valence-corrected chi connectivity index (χ4v) is 1.72. The molecule has 2 aromatic rings. The van der Waals surface area contributed by atoms with Gasteiger partial charge >= 0.3 is 0 Å². The summed E-state index contributed by atoms with van der Waals surface area (Å²) in [6.07, 6.45) is 0. The Kier molecular flexibility index (Phi) is 2.84. The van der Waals surface area contributed by atoms with Crippen LogP contribution in [0.4, 0.5) is 0 Å². The molecular formula is C10H12BrN3. The Hall–Kier alpha value is -0.870. The van der Waals surface area contributed by atoms with E-state index in [2.05, 4.69) is 38.1 Å². The molecule has 4 heteroatoms. The zero-order valence-corrected chi connectivity index (χ0v) is 9.56. The summed E-state index contributed by atoms with van der Waals surface area (Å²) in [6, 6.07) is 6.04. The molecule has 0 fully saturated rings. The van der Waals surface area contributed by atoms with Crippen molar-refractivity contribution in [3.05, 3.63) is 28.5 Å². The number of benzene rings is 1. The normalized spacial score (nSPS) is 11.0. The fraction of sp³-hybridized carbons (Fsp3) is 0.300. The van der Waals surface area contributed by atoms with E-state index < -0.39 is 0 Å². The van der Waals surface area contributed by atoms with E-state index in [9.17, 15) is 0 Å². The predicted molar refractivity (Wildman–Crippen MR) is 61.2 cm³/mol. The highest BCUT2D eigenvalue weighted by atomic mass is 79.9. The molecule has 74 valence electrons. The lowest BCUT2D eigenvalue weighted by Crippen LogP contribution is -2.12. The molecule has 3 nitrogen and oxygen atoms in total. The molecule has 14 heavy (non-hydrogen) atoms. The monoisotopic (exact) mass is 253 g/mol. The van der Waals surface area contributed by atoms with E-state index in [0.717, 1.165) is 34.4 Å².